The predicted octanol–water partition coefficient (Wildman–Crippen LogP) is 3.62. The van der Waals surface area contributed by atoms with Gasteiger partial charge in [-0.1, -0.05) is 29.3 Å². The molecule has 3 rings (SSSR count). The quantitative estimate of drug-likeness (QED) is 0.686. The average Bonchev–Trinajstić information content (AvgIpc) is 2.75. The van der Waals surface area contributed by atoms with Crippen LogP contribution in [-0.2, 0) is 13.5 Å². The van der Waals surface area contributed by atoms with Crippen molar-refractivity contribution in [2.75, 3.05) is 0 Å². The summed E-state index contributed by atoms with van der Waals surface area (Å²) in [5.74, 6) is 0.917. The van der Waals surface area contributed by atoms with Gasteiger partial charge >= 0.3 is 0 Å². The molecule has 0 radical (unpaired) electrons. The maximum atomic E-state index is 12.5. The van der Waals surface area contributed by atoms with Crippen LogP contribution in [0.15, 0.2) is 42.5 Å². The Morgan fingerprint density at radius 2 is 1.76 bits per heavy atom. The van der Waals surface area contributed by atoms with Gasteiger partial charge in [0.25, 0.3) is 0 Å². The van der Waals surface area contributed by atoms with Gasteiger partial charge in [-0.15, -0.1) is 0 Å². The summed E-state index contributed by atoms with van der Waals surface area (Å²) in [4.78, 5) is 17.1. The topological polar surface area (TPSA) is 34.9 Å². The predicted molar refractivity (Wildman–Crippen MR) is 84.7 cm³/mol. The molecule has 0 saturated heterocycles. The van der Waals surface area contributed by atoms with Crippen molar-refractivity contribution in [2.24, 2.45) is 7.05 Å². The first kappa shape index (κ1) is 13.6. The van der Waals surface area contributed by atoms with E-state index in [1.807, 2.05) is 61.9 Å². The number of ketones is 1. The van der Waals surface area contributed by atoms with Crippen LogP contribution in [0.3, 0.4) is 0 Å². The van der Waals surface area contributed by atoms with Gasteiger partial charge in [0.2, 0.25) is 0 Å². The second-order valence-electron chi connectivity index (χ2n) is 5.55. The van der Waals surface area contributed by atoms with Gasteiger partial charge in [0.05, 0.1) is 17.5 Å². The Hall–Kier alpha value is -2.42. The summed E-state index contributed by atoms with van der Waals surface area (Å²) in [6.07, 6.45) is 0.327. The van der Waals surface area contributed by atoms with Crippen LogP contribution >= 0.6 is 0 Å². The summed E-state index contributed by atoms with van der Waals surface area (Å²) in [5.41, 5.74) is 4.98. The zero-order valence-corrected chi connectivity index (χ0v) is 12.6. The molecule has 0 aliphatic carbocycles. The molecule has 1 aromatic heterocycles. The first-order valence-corrected chi connectivity index (χ1v) is 7.06. The number of hydrogen-bond acceptors (Lipinski definition) is 2. The highest BCUT2D eigenvalue weighted by Gasteiger charge is 2.13. The van der Waals surface area contributed by atoms with Crippen molar-refractivity contribution >= 4 is 16.8 Å². The summed E-state index contributed by atoms with van der Waals surface area (Å²) >= 11 is 0. The lowest BCUT2D eigenvalue weighted by Crippen LogP contribution is -2.09. The van der Waals surface area contributed by atoms with Gasteiger partial charge in [-0.2, -0.15) is 0 Å². The van der Waals surface area contributed by atoms with Crippen molar-refractivity contribution in [1.29, 1.82) is 0 Å². The lowest BCUT2D eigenvalue weighted by Gasteiger charge is -2.05. The lowest BCUT2D eigenvalue weighted by atomic mass is 10.0. The Balaban J connectivity index is 1.94. The van der Waals surface area contributed by atoms with Gasteiger partial charge in [0.1, 0.15) is 5.82 Å². The minimum absolute atomic E-state index is 0.111. The first-order valence-electron chi connectivity index (χ1n) is 7.06. The Morgan fingerprint density at radius 1 is 1.10 bits per heavy atom. The fraction of sp³-hybridized carbons (Fsp3) is 0.222. The zero-order valence-electron chi connectivity index (χ0n) is 12.6. The fourth-order valence-corrected chi connectivity index (χ4v) is 2.73. The molecule has 0 saturated carbocycles. The van der Waals surface area contributed by atoms with E-state index in [1.165, 1.54) is 0 Å². The van der Waals surface area contributed by atoms with Gasteiger partial charge in [-0.3, -0.25) is 4.79 Å². The van der Waals surface area contributed by atoms with Crippen LogP contribution in [0.25, 0.3) is 11.0 Å². The van der Waals surface area contributed by atoms with Crippen LogP contribution in [0, 0.1) is 13.8 Å². The summed E-state index contributed by atoms with van der Waals surface area (Å²) in [7, 11) is 1.96. The normalized spacial score (nSPS) is 11.0. The standard InChI is InChI=1S/C18H18N2O/c1-12-8-13(2)10-14(9-12)17(21)11-18-19-15-6-4-5-7-16(15)20(18)3/h4-10H,11H2,1-3H3. The Bertz CT molecular complexity index is 810. The first-order chi connectivity index (χ1) is 10.0. The number of aromatic nitrogens is 2. The minimum Gasteiger partial charge on any atom is -0.331 e. The van der Waals surface area contributed by atoms with E-state index >= 15 is 0 Å². The number of Topliss-reactive ketones (excluding diaryl/α,β-unsaturated/α-hetero) is 1. The number of aryl methyl sites for hydroxylation is 3. The van der Waals surface area contributed by atoms with Gasteiger partial charge in [-0.05, 0) is 38.1 Å². The molecule has 0 N–H and O–H groups in total. The maximum Gasteiger partial charge on any atom is 0.170 e. The number of nitrogens with zero attached hydrogens (tertiary/aromatic N) is 2. The van der Waals surface area contributed by atoms with E-state index < -0.39 is 0 Å². The second-order valence-corrected chi connectivity index (χ2v) is 5.55. The number of para-hydroxylation sites is 2. The molecule has 3 heteroatoms. The van der Waals surface area contributed by atoms with Crippen molar-refractivity contribution < 1.29 is 4.79 Å². The van der Waals surface area contributed by atoms with E-state index in [0.29, 0.717) is 6.42 Å². The Labute approximate surface area is 124 Å². The van der Waals surface area contributed by atoms with E-state index in [0.717, 1.165) is 33.5 Å². The molecule has 0 fully saturated rings. The van der Waals surface area contributed by atoms with Crippen LogP contribution in [0.4, 0.5) is 0 Å². The number of benzene rings is 2. The third kappa shape index (κ3) is 2.59. The van der Waals surface area contributed by atoms with Gasteiger partial charge in [-0.25, -0.2) is 4.98 Å². The van der Waals surface area contributed by atoms with E-state index in [2.05, 4.69) is 11.1 Å². The van der Waals surface area contributed by atoms with E-state index in [-0.39, 0.29) is 5.78 Å². The van der Waals surface area contributed by atoms with Gasteiger partial charge in [0.15, 0.2) is 5.78 Å². The molecule has 2 aromatic carbocycles. The molecule has 0 unspecified atom stereocenters. The summed E-state index contributed by atoms with van der Waals surface area (Å²) < 4.78 is 2.00. The largest absolute Gasteiger partial charge is 0.331 e. The zero-order chi connectivity index (χ0) is 15.0. The number of imidazole rings is 1. The molecule has 0 aliphatic heterocycles. The average molecular weight is 278 g/mol. The molecule has 1 heterocycles. The molecule has 21 heavy (non-hydrogen) atoms. The fourth-order valence-electron chi connectivity index (χ4n) is 2.73. The van der Waals surface area contributed by atoms with Crippen molar-refractivity contribution in [3.05, 3.63) is 65.0 Å². The molecule has 3 nitrogen and oxygen atoms in total. The smallest absolute Gasteiger partial charge is 0.170 e. The van der Waals surface area contributed by atoms with Gasteiger partial charge < -0.3 is 4.57 Å². The third-order valence-corrected chi connectivity index (χ3v) is 3.74. The van der Waals surface area contributed by atoms with E-state index in [4.69, 9.17) is 0 Å². The summed E-state index contributed by atoms with van der Waals surface area (Å²) in [6.45, 7) is 4.03. The number of carbonyl (C=O) groups is 1. The molecule has 0 aliphatic rings. The number of rotatable bonds is 3. The number of carbonyl (C=O) groups excluding carboxylic acids is 1. The van der Waals surface area contributed by atoms with Crippen LogP contribution in [0.1, 0.15) is 27.3 Å². The maximum absolute atomic E-state index is 12.5. The minimum atomic E-state index is 0.111. The van der Waals surface area contributed by atoms with E-state index in [9.17, 15) is 4.79 Å². The molecule has 3 aromatic rings. The highest BCUT2D eigenvalue weighted by atomic mass is 16.1. The van der Waals surface area contributed by atoms with Crippen LogP contribution in [0.5, 0.6) is 0 Å². The van der Waals surface area contributed by atoms with E-state index in [1.54, 1.807) is 0 Å². The van der Waals surface area contributed by atoms with Gasteiger partial charge in [0, 0.05) is 12.6 Å². The van der Waals surface area contributed by atoms with Crippen LogP contribution < -0.4 is 0 Å². The Morgan fingerprint density at radius 3 is 2.43 bits per heavy atom. The summed E-state index contributed by atoms with van der Waals surface area (Å²) in [6, 6.07) is 13.9. The monoisotopic (exact) mass is 278 g/mol. The highest BCUT2D eigenvalue weighted by Crippen LogP contribution is 2.17. The van der Waals surface area contributed by atoms with Crippen LogP contribution in [-0.4, -0.2) is 15.3 Å². The van der Waals surface area contributed by atoms with Crippen molar-refractivity contribution in [3.63, 3.8) is 0 Å². The number of fused-ring (bicyclic) bond motifs is 1. The second kappa shape index (κ2) is 5.17. The molecule has 0 atom stereocenters. The van der Waals surface area contributed by atoms with Crippen molar-refractivity contribution in [3.8, 4) is 0 Å². The molecule has 0 spiro atoms. The SMILES string of the molecule is Cc1cc(C)cc(C(=O)Cc2nc3ccccc3n2C)c1. The Kier molecular flexibility index (Phi) is 3.34. The molecule has 106 valence electrons. The lowest BCUT2D eigenvalue weighted by molar-refractivity contribution is 0.0990. The molecule has 0 bridgehead atoms. The molecular weight excluding hydrogens is 260 g/mol. The third-order valence-electron chi connectivity index (χ3n) is 3.74. The van der Waals surface area contributed by atoms with Crippen LogP contribution in [0.2, 0.25) is 0 Å². The molecule has 0 amide bonds. The van der Waals surface area contributed by atoms with Crippen molar-refractivity contribution in [2.45, 2.75) is 20.3 Å². The molecular formula is C18H18N2O. The number of hydrogen-bond donors (Lipinski definition) is 0. The highest BCUT2D eigenvalue weighted by molar-refractivity contribution is 5.97. The summed E-state index contributed by atoms with van der Waals surface area (Å²) in [5, 5.41) is 0. The van der Waals surface area contributed by atoms with Crippen molar-refractivity contribution in [1.82, 2.24) is 9.55 Å².